The third-order valence-electron chi connectivity index (χ3n) is 1.28. The first-order chi connectivity index (χ1) is 5.16. The minimum absolute atomic E-state index is 0.136. The van der Waals surface area contributed by atoms with Crippen LogP contribution in [0.15, 0.2) is 12.1 Å². The zero-order valence-corrected chi connectivity index (χ0v) is 6.32. The Morgan fingerprint density at radius 1 is 1.55 bits per heavy atom. The molecule has 11 heavy (non-hydrogen) atoms. The second-order valence-corrected chi connectivity index (χ2v) is 2.39. The zero-order chi connectivity index (χ0) is 8.43. The quantitative estimate of drug-likeness (QED) is 0.627. The molecule has 1 rings (SSSR count). The Hall–Kier alpha value is -1.11. The second-order valence-electron chi connectivity index (χ2n) is 2.01. The summed E-state index contributed by atoms with van der Waals surface area (Å²) in [6.07, 6.45) is 0. The van der Waals surface area contributed by atoms with Gasteiger partial charge in [0.25, 0.3) is 0 Å². The molecule has 0 amide bonds. The number of nitrogens with zero attached hydrogens (tertiary/aromatic N) is 1. The van der Waals surface area contributed by atoms with Crippen LogP contribution in [-0.2, 0) is 0 Å². The first kappa shape index (κ1) is 7.99. The van der Waals surface area contributed by atoms with E-state index >= 15 is 0 Å². The lowest BCUT2D eigenvalue weighted by atomic mass is 10.2. The van der Waals surface area contributed by atoms with Gasteiger partial charge in [-0.25, -0.2) is 0 Å². The second kappa shape index (κ2) is 2.87. The summed E-state index contributed by atoms with van der Waals surface area (Å²) in [7, 11) is 0. The predicted octanol–water partition coefficient (Wildman–Crippen LogP) is 1.22. The molecule has 0 saturated carbocycles. The van der Waals surface area contributed by atoms with Gasteiger partial charge in [-0.3, -0.25) is 0 Å². The molecule has 1 aromatic carbocycles. The van der Waals surface area contributed by atoms with Crippen molar-refractivity contribution in [2.24, 2.45) is 0 Å². The van der Waals surface area contributed by atoms with E-state index in [2.05, 4.69) is 5.73 Å². The molecule has 0 spiro atoms. The third kappa shape index (κ3) is 1.32. The molecule has 0 unspecified atom stereocenters. The Kier molecular flexibility index (Phi) is 2.08. The molecule has 0 atom stereocenters. The van der Waals surface area contributed by atoms with Gasteiger partial charge in [0.15, 0.2) is 5.69 Å². The lowest BCUT2D eigenvalue weighted by molar-refractivity contribution is -0.258. The Balaban J connectivity index is 3.40. The van der Waals surface area contributed by atoms with Crippen LogP contribution in [-0.4, -0.2) is 0 Å². The van der Waals surface area contributed by atoms with Crippen LogP contribution in [0.1, 0.15) is 5.56 Å². The van der Waals surface area contributed by atoms with Crippen LogP contribution in [0.25, 0.3) is 0 Å². The van der Waals surface area contributed by atoms with Gasteiger partial charge < -0.3 is 5.73 Å². The summed E-state index contributed by atoms with van der Waals surface area (Å²) in [4.78, 5) is 0. The fraction of sp³-hybridized carbons (Fsp3) is 0. The highest BCUT2D eigenvalue weighted by molar-refractivity contribution is 6.32. The average molecular weight is 172 g/mol. The van der Waals surface area contributed by atoms with Gasteiger partial charge >= 0.3 is 0 Å². The maximum absolute atomic E-state index is 12.8. The van der Waals surface area contributed by atoms with E-state index < -0.39 is 5.82 Å². The van der Waals surface area contributed by atoms with Gasteiger partial charge in [-0.2, -0.15) is 9.65 Å². The van der Waals surface area contributed by atoms with Crippen molar-refractivity contribution in [3.05, 3.63) is 28.5 Å². The van der Waals surface area contributed by atoms with Crippen molar-refractivity contribution in [2.75, 3.05) is 0 Å². The van der Waals surface area contributed by atoms with E-state index in [-0.39, 0.29) is 16.3 Å². The van der Waals surface area contributed by atoms with Crippen molar-refractivity contribution >= 4 is 17.3 Å². The predicted molar refractivity (Wildman–Crippen MR) is 38.7 cm³/mol. The smallest absolute Gasteiger partial charge is 0.203 e. The Morgan fingerprint density at radius 2 is 2.18 bits per heavy atom. The first-order valence-electron chi connectivity index (χ1n) is 2.87. The maximum atomic E-state index is 12.8. The molecule has 0 aliphatic carbocycles. The van der Waals surface area contributed by atoms with Gasteiger partial charge in [0, 0.05) is 6.07 Å². The van der Waals surface area contributed by atoms with Crippen LogP contribution in [0.5, 0.6) is 0 Å². The normalized spacial score (nSPS) is 9.27. The van der Waals surface area contributed by atoms with Crippen molar-refractivity contribution < 1.29 is 10.1 Å². The lowest BCUT2D eigenvalue weighted by Crippen LogP contribution is -2.41. The Labute approximate surface area is 68.0 Å². The minimum atomic E-state index is -0.620. The monoisotopic (exact) mass is 171 g/mol. The molecule has 0 aliphatic rings. The summed E-state index contributed by atoms with van der Waals surface area (Å²) in [5.74, 6) is -0.620. The largest absolute Gasteiger partial charge is 0.323 e. The summed E-state index contributed by atoms with van der Waals surface area (Å²) in [6, 6.07) is 4.62. The first-order valence-corrected chi connectivity index (χ1v) is 3.24. The van der Waals surface area contributed by atoms with Crippen LogP contribution in [0.3, 0.4) is 0 Å². The number of hydrogen-bond acceptors (Lipinski definition) is 1. The maximum Gasteiger partial charge on any atom is 0.203 e. The van der Waals surface area contributed by atoms with Crippen molar-refractivity contribution in [1.29, 1.82) is 5.26 Å². The van der Waals surface area contributed by atoms with Crippen LogP contribution in [0.4, 0.5) is 10.1 Å². The van der Waals surface area contributed by atoms with E-state index in [1.165, 1.54) is 12.1 Å². The number of hydrogen-bond donors (Lipinski definition) is 1. The standard InChI is InChI=1S/C7H4ClFN2/c8-6-4(3-10)1-2-5(11)7(6)9/h1-2H,11H2/p+1. The van der Waals surface area contributed by atoms with Crippen molar-refractivity contribution in [1.82, 2.24) is 0 Å². The molecular formula is C7H5ClFN2+. The number of quaternary nitrogens is 1. The van der Waals surface area contributed by atoms with Crippen LogP contribution in [0.2, 0.25) is 5.02 Å². The van der Waals surface area contributed by atoms with E-state index in [4.69, 9.17) is 16.9 Å². The molecule has 0 fully saturated rings. The summed E-state index contributed by atoms with van der Waals surface area (Å²) in [5.41, 5.74) is 3.73. The topological polar surface area (TPSA) is 51.4 Å². The highest BCUT2D eigenvalue weighted by atomic mass is 35.5. The Bertz CT molecular complexity index is 330. The number of benzene rings is 1. The molecule has 0 heterocycles. The van der Waals surface area contributed by atoms with E-state index in [0.717, 1.165) is 0 Å². The molecule has 0 saturated heterocycles. The molecular weight excluding hydrogens is 167 g/mol. The number of rotatable bonds is 0. The molecule has 0 radical (unpaired) electrons. The summed E-state index contributed by atoms with van der Waals surface area (Å²) in [6.45, 7) is 0. The molecule has 0 aromatic heterocycles. The summed E-state index contributed by atoms with van der Waals surface area (Å²) < 4.78 is 12.8. The average Bonchev–Trinajstić information content (AvgIpc) is 2.01. The Morgan fingerprint density at radius 3 is 2.73 bits per heavy atom. The van der Waals surface area contributed by atoms with Crippen LogP contribution >= 0.6 is 11.6 Å². The zero-order valence-electron chi connectivity index (χ0n) is 5.56. The van der Waals surface area contributed by atoms with Gasteiger partial charge in [-0.05, 0) is 6.07 Å². The van der Waals surface area contributed by atoms with Gasteiger partial charge in [0.05, 0.1) is 5.56 Å². The van der Waals surface area contributed by atoms with Gasteiger partial charge in [0.2, 0.25) is 5.82 Å². The van der Waals surface area contributed by atoms with E-state index in [0.29, 0.717) is 0 Å². The van der Waals surface area contributed by atoms with Gasteiger partial charge in [-0.1, -0.05) is 11.6 Å². The van der Waals surface area contributed by atoms with Crippen LogP contribution < -0.4 is 5.73 Å². The van der Waals surface area contributed by atoms with Crippen LogP contribution in [0, 0.1) is 17.1 Å². The van der Waals surface area contributed by atoms with Crippen molar-refractivity contribution in [3.8, 4) is 6.07 Å². The molecule has 4 heteroatoms. The summed E-state index contributed by atoms with van der Waals surface area (Å²) in [5, 5.41) is 8.26. The van der Waals surface area contributed by atoms with Gasteiger partial charge in [0.1, 0.15) is 11.1 Å². The molecule has 1 aromatic rings. The molecule has 2 nitrogen and oxygen atoms in total. The number of nitriles is 1. The third-order valence-corrected chi connectivity index (χ3v) is 1.65. The molecule has 0 aliphatic heterocycles. The highest BCUT2D eigenvalue weighted by Gasteiger charge is 2.10. The SMILES string of the molecule is N#Cc1ccc([NH3+])c(F)c1Cl. The van der Waals surface area contributed by atoms with E-state index in [1.807, 2.05) is 0 Å². The summed E-state index contributed by atoms with van der Waals surface area (Å²) >= 11 is 5.46. The fourth-order valence-electron chi connectivity index (χ4n) is 0.676. The number of halogens is 2. The molecule has 3 N–H and O–H groups in total. The molecule has 0 bridgehead atoms. The van der Waals surface area contributed by atoms with E-state index in [9.17, 15) is 4.39 Å². The molecule has 56 valence electrons. The minimum Gasteiger partial charge on any atom is -0.323 e. The van der Waals surface area contributed by atoms with Crippen molar-refractivity contribution in [2.45, 2.75) is 0 Å². The van der Waals surface area contributed by atoms with Gasteiger partial charge in [-0.15, -0.1) is 0 Å². The van der Waals surface area contributed by atoms with E-state index in [1.54, 1.807) is 6.07 Å². The lowest BCUT2D eigenvalue weighted by Gasteiger charge is -1.95. The van der Waals surface area contributed by atoms with Crippen molar-refractivity contribution in [3.63, 3.8) is 0 Å². The highest BCUT2D eigenvalue weighted by Crippen LogP contribution is 2.22. The fourth-order valence-corrected chi connectivity index (χ4v) is 0.902.